The van der Waals surface area contributed by atoms with Crippen LogP contribution < -0.4 is 10.6 Å². The second kappa shape index (κ2) is 2.46. The minimum atomic E-state index is -0.317. The second-order valence-electron chi connectivity index (χ2n) is 3.08. The average Bonchev–Trinajstić information content (AvgIpc) is 2.34. The van der Waals surface area contributed by atoms with Crippen LogP contribution in [0, 0.1) is 0 Å². The quantitative estimate of drug-likeness (QED) is 0.483. The van der Waals surface area contributed by atoms with E-state index in [9.17, 15) is 4.79 Å². The third-order valence-corrected chi connectivity index (χ3v) is 2.26. The van der Waals surface area contributed by atoms with Crippen LogP contribution in [0.5, 0.6) is 0 Å². The monoisotopic (exact) mass is 156 g/mol. The summed E-state index contributed by atoms with van der Waals surface area (Å²) >= 11 is 0. The Balaban J connectivity index is 2.03. The number of hydrogen-bond acceptors (Lipinski definition) is 3. The molecule has 4 nitrogen and oxygen atoms in total. The Hall–Kier alpha value is -0.610. The van der Waals surface area contributed by atoms with Gasteiger partial charge in [0.15, 0.2) is 0 Å². The molecular weight excluding hydrogens is 144 g/mol. The molecule has 2 aliphatic rings. The van der Waals surface area contributed by atoms with E-state index in [-0.39, 0.29) is 18.2 Å². The summed E-state index contributed by atoms with van der Waals surface area (Å²) in [4.78, 5) is 10.9. The molecule has 0 bridgehead atoms. The lowest BCUT2D eigenvalue weighted by molar-refractivity contribution is -0.119. The molecule has 0 aromatic rings. The van der Waals surface area contributed by atoms with Gasteiger partial charge in [0.25, 0.3) is 0 Å². The van der Waals surface area contributed by atoms with E-state index in [0.717, 1.165) is 25.9 Å². The first kappa shape index (κ1) is 7.06. The van der Waals surface area contributed by atoms with Crippen LogP contribution in [0.3, 0.4) is 0 Å². The van der Waals surface area contributed by atoms with E-state index in [1.165, 1.54) is 0 Å². The molecule has 0 aliphatic carbocycles. The summed E-state index contributed by atoms with van der Waals surface area (Å²) < 4.78 is 5.39. The highest BCUT2D eigenvalue weighted by atomic mass is 16.5. The van der Waals surface area contributed by atoms with Gasteiger partial charge in [0.05, 0.1) is 0 Å². The van der Waals surface area contributed by atoms with Crippen molar-refractivity contribution in [2.75, 3.05) is 19.7 Å². The lowest BCUT2D eigenvalue weighted by Gasteiger charge is -2.32. The van der Waals surface area contributed by atoms with E-state index in [0.29, 0.717) is 0 Å². The van der Waals surface area contributed by atoms with Gasteiger partial charge in [-0.2, -0.15) is 0 Å². The number of piperidine rings is 1. The van der Waals surface area contributed by atoms with Crippen LogP contribution in [0.25, 0.3) is 0 Å². The first-order valence-corrected chi connectivity index (χ1v) is 3.96. The van der Waals surface area contributed by atoms with Gasteiger partial charge < -0.3 is 15.4 Å². The molecule has 0 radical (unpaired) electrons. The second-order valence-corrected chi connectivity index (χ2v) is 3.08. The lowest BCUT2D eigenvalue weighted by Crippen LogP contribution is -2.50. The molecule has 0 aromatic carbocycles. The standard InChI is InChI=1S/C7H12N2O2/c10-6-5-11-7(9-6)1-3-8-4-2-7/h8H,1-5H2,(H,9,10). The largest absolute Gasteiger partial charge is 0.346 e. The van der Waals surface area contributed by atoms with Crippen LogP contribution in [0.1, 0.15) is 12.8 Å². The molecule has 1 spiro atoms. The van der Waals surface area contributed by atoms with E-state index in [4.69, 9.17) is 4.74 Å². The Bertz CT molecular complexity index is 175. The minimum Gasteiger partial charge on any atom is -0.346 e. The zero-order chi connectivity index (χ0) is 7.73. The lowest BCUT2D eigenvalue weighted by atomic mass is 10.0. The van der Waals surface area contributed by atoms with E-state index >= 15 is 0 Å². The molecule has 2 rings (SSSR count). The Morgan fingerprint density at radius 1 is 1.36 bits per heavy atom. The van der Waals surface area contributed by atoms with Crippen molar-refractivity contribution in [1.82, 2.24) is 10.6 Å². The summed E-state index contributed by atoms with van der Waals surface area (Å²) in [6, 6.07) is 0. The molecule has 2 saturated heterocycles. The van der Waals surface area contributed by atoms with Crippen molar-refractivity contribution in [2.24, 2.45) is 0 Å². The Morgan fingerprint density at radius 3 is 2.64 bits per heavy atom. The van der Waals surface area contributed by atoms with E-state index in [2.05, 4.69) is 10.6 Å². The topological polar surface area (TPSA) is 50.4 Å². The fraction of sp³-hybridized carbons (Fsp3) is 0.857. The van der Waals surface area contributed by atoms with E-state index < -0.39 is 0 Å². The molecule has 4 heteroatoms. The summed E-state index contributed by atoms with van der Waals surface area (Å²) in [5.41, 5.74) is -0.317. The number of rotatable bonds is 0. The maximum atomic E-state index is 10.9. The highest BCUT2D eigenvalue weighted by Gasteiger charge is 2.39. The highest BCUT2D eigenvalue weighted by Crippen LogP contribution is 2.23. The highest BCUT2D eigenvalue weighted by molar-refractivity contribution is 5.79. The molecule has 2 fully saturated rings. The molecule has 11 heavy (non-hydrogen) atoms. The van der Waals surface area contributed by atoms with Crippen molar-refractivity contribution >= 4 is 5.91 Å². The number of amides is 1. The van der Waals surface area contributed by atoms with Crippen LogP contribution in [0.2, 0.25) is 0 Å². The summed E-state index contributed by atoms with van der Waals surface area (Å²) in [5.74, 6) is 0.0203. The molecule has 0 aromatic heterocycles. The zero-order valence-corrected chi connectivity index (χ0v) is 6.35. The van der Waals surface area contributed by atoms with Crippen LogP contribution in [-0.4, -0.2) is 31.3 Å². The summed E-state index contributed by atoms with van der Waals surface area (Å²) in [5, 5.41) is 6.09. The smallest absolute Gasteiger partial charge is 0.248 e. The van der Waals surface area contributed by atoms with Crippen molar-refractivity contribution in [1.29, 1.82) is 0 Å². The predicted molar refractivity (Wildman–Crippen MR) is 38.9 cm³/mol. The first-order chi connectivity index (χ1) is 5.31. The van der Waals surface area contributed by atoms with Gasteiger partial charge in [-0.3, -0.25) is 4.79 Å². The predicted octanol–water partition coefficient (Wildman–Crippen LogP) is -0.787. The molecule has 0 unspecified atom stereocenters. The number of nitrogens with one attached hydrogen (secondary N) is 2. The number of hydrogen-bond donors (Lipinski definition) is 2. The van der Waals surface area contributed by atoms with Gasteiger partial charge in [-0.15, -0.1) is 0 Å². The zero-order valence-electron chi connectivity index (χ0n) is 6.35. The van der Waals surface area contributed by atoms with Gasteiger partial charge in [-0.05, 0) is 13.1 Å². The van der Waals surface area contributed by atoms with Gasteiger partial charge in [0, 0.05) is 12.8 Å². The summed E-state index contributed by atoms with van der Waals surface area (Å²) in [7, 11) is 0. The van der Waals surface area contributed by atoms with Gasteiger partial charge in [0.2, 0.25) is 5.91 Å². The number of carbonyl (C=O) groups is 1. The molecule has 0 saturated carbocycles. The third-order valence-electron chi connectivity index (χ3n) is 2.26. The van der Waals surface area contributed by atoms with Gasteiger partial charge in [0.1, 0.15) is 12.3 Å². The van der Waals surface area contributed by atoms with Gasteiger partial charge in [-0.25, -0.2) is 0 Å². The fourth-order valence-corrected chi connectivity index (χ4v) is 1.63. The molecular formula is C7H12N2O2. The first-order valence-electron chi connectivity index (χ1n) is 3.96. The Kier molecular flexibility index (Phi) is 1.58. The number of ether oxygens (including phenoxy) is 1. The number of carbonyl (C=O) groups excluding carboxylic acids is 1. The fourth-order valence-electron chi connectivity index (χ4n) is 1.63. The average molecular weight is 156 g/mol. The van der Waals surface area contributed by atoms with E-state index in [1.54, 1.807) is 0 Å². The van der Waals surface area contributed by atoms with Gasteiger partial charge >= 0.3 is 0 Å². The maximum absolute atomic E-state index is 10.9. The van der Waals surface area contributed by atoms with Crippen molar-refractivity contribution in [2.45, 2.75) is 18.6 Å². The van der Waals surface area contributed by atoms with Crippen molar-refractivity contribution < 1.29 is 9.53 Å². The molecule has 1 amide bonds. The normalized spacial score (nSPS) is 28.9. The molecule has 2 aliphatic heterocycles. The SMILES string of the molecule is O=C1COC2(CCNCC2)N1. The van der Waals surface area contributed by atoms with Crippen molar-refractivity contribution in [3.05, 3.63) is 0 Å². The Labute approximate surface area is 65.3 Å². The molecule has 0 atom stereocenters. The van der Waals surface area contributed by atoms with E-state index in [1.807, 2.05) is 0 Å². The van der Waals surface area contributed by atoms with Gasteiger partial charge in [-0.1, -0.05) is 0 Å². The molecule has 2 heterocycles. The van der Waals surface area contributed by atoms with Crippen molar-refractivity contribution in [3.8, 4) is 0 Å². The third kappa shape index (κ3) is 1.23. The van der Waals surface area contributed by atoms with Crippen LogP contribution in [0.15, 0.2) is 0 Å². The minimum absolute atomic E-state index is 0.0203. The van der Waals surface area contributed by atoms with Crippen LogP contribution in [0.4, 0.5) is 0 Å². The van der Waals surface area contributed by atoms with Crippen LogP contribution in [-0.2, 0) is 9.53 Å². The summed E-state index contributed by atoms with van der Waals surface area (Å²) in [6.45, 7) is 2.10. The Morgan fingerprint density at radius 2 is 2.09 bits per heavy atom. The maximum Gasteiger partial charge on any atom is 0.248 e. The summed E-state index contributed by atoms with van der Waals surface area (Å²) in [6.07, 6.45) is 1.78. The molecule has 62 valence electrons. The van der Waals surface area contributed by atoms with Crippen molar-refractivity contribution in [3.63, 3.8) is 0 Å². The van der Waals surface area contributed by atoms with Crippen LogP contribution >= 0.6 is 0 Å². The molecule has 2 N–H and O–H groups in total.